The molecule has 0 radical (unpaired) electrons. The lowest BCUT2D eigenvalue weighted by Gasteiger charge is -2.45. The molecule has 1 heterocycles. The summed E-state index contributed by atoms with van der Waals surface area (Å²) >= 11 is 0. The molecular formula is C26H38N2O3. The molecule has 5 heteroatoms. The third kappa shape index (κ3) is 4.26. The number of aryl methyl sites for hydroxylation is 1. The van der Waals surface area contributed by atoms with E-state index in [-0.39, 0.29) is 23.6 Å². The Morgan fingerprint density at radius 2 is 2.06 bits per heavy atom. The Morgan fingerprint density at radius 1 is 1.29 bits per heavy atom. The third-order valence-corrected chi connectivity index (χ3v) is 8.39. The van der Waals surface area contributed by atoms with Crippen LogP contribution in [-0.2, 0) is 16.6 Å². The number of imidazole rings is 1. The Kier molecular flexibility index (Phi) is 6.43. The number of benzene rings is 1. The van der Waals surface area contributed by atoms with Crippen molar-refractivity contribution in [3.05, 3.63) is 30.1 Å². The van der Waals surface area contributed by atoms with Gasteiger partial charge in [0.1, 0.15) is 0 Å². The van der Waals surface area contributed by atoms with Crippen LogP contribution in [0.1, 0.15) is 84.1 Å². The number of hydrogen-bond acceptors (Lipinski definition) is 4. The van der Waals surface area contributed by atoms with Crippen LogP contribution in [0.3, 0.4) is 0 Å². The molecule has 5 nitrogen and oxygen atoms in total. The van der Waals surface area contributed by atoms with Crippen molar-refractivity contribution in [3.63, 3.8) is 0 Å². The molecule has 170 valence electrons. The third-order valence-electron chi connectivity index (χ3n) is 8.39. The molecule has 31 heavy (non-hydrogen) atoms. The molecule has 0 bridgehead atoms. The lowest BCUT2D eigenvalue weighted by Crippen LogP contribution is -2.41. The van der Waals surface area contributed by atoms with Crippen LogP contribution in [0, 0.1) is 23.2 Å². The number of para-hydroxylation sites is 2. The van der Waals surface area contributed by atoms with Crippen LogP contribution in [0.15, 0.2) is 24.3 Å². The Labute approximate surface area is 186 Å². The molecular weight excluding hydrogens is 388 g/mol. The van der Waals surface area contributed by atoms with Crippen molar-refractivity contribution >= 4 is 17.0 Å². The standard InChI is InChI=1S/C26H38N2O3/c1-17(19-14-15-20-23(30)12-8-16-26(19,20)3)9-7-13-24(31-18(2)29)25-27-21-10-5-6-11-22(21)28(25)4/h5-6,10-11,17,19-20,23-24,30H,7-9,12-16H2,1-4H3. The first-order valence-corrected chi connectivity index (χ1v) is 12.1. The SMILES string of the molecule is CC(=O)OC(CCCC(C)C1CCC2C(O)CCCC12C)c1nc2ccccc2n1C. The maximum Gasteiger partial charge on any atom is 0.303 e. The van der Waals surface area contributed by atoms with E-state index in [4.69, 9.17) is 9.72 Å². The summed E-state index contributed by atoms with van der Waals surface area (Å²) in [6.07, 6.45) is 8.26. The van der Waals surface area contributed by atoms with Crippen molar-refractivity contribution < 1.29 is 14.6 Å². The van der Waals surface area contributed by atoms with E-state index < -0.39 is 0 Å². The van der Waals surface area contributed by atoms with Crippen LogP contribution >= 0.6 is 0 Å². The van der Waals surface area contributed by atoms with Crippen molar-refractivity contribution in [2.75, 3.05) is 0 Å². The van der Waals surface area contributed by atoms with Crippen molar-refractivity contribution in [1.29, 1.82) is 0 Å². The molecule has 1 aromatic carbocycles. The number of ether oxygens (including phenoxy) is 1. The molecule has 1 N–H and O–H groups in total. The number of rotatable bonds is 7. The van der Waals surface area contributed by atoms with Gasteiger partial charge in [-0.1, -0.05) is 38.8 Å². The molecule has 2 aliphatic carbocycles. The van der Waals surface area contributed by atoms with E-state index in [1.54, 1.807) is 0 Å². The first kappa shape index (κ1) is 22.3. The summed E-state index contributed by atoms with van der Waals surface area (Å²) < 4.78 is 7.77. The molecule has 2 aliphatic rings. The van der Waals surface area contributed by atoms with Gasteiger partial charge in [-0.05, 0) is 73.8 Å². The van der Waals surface area contributed by atoms with E-state index in [2.05, 4.69) is 24.5 Å². The van der Waals surface area contributed by atoms with Gasteiger partial charge in [-0.3, -0.25) is 4.79 Å². The molecule has 2 fully saturated rings. The highest BCUT2D eigenvalue weighted by molar-refractivity contribution is 5.76. The number of fused-ring (bicyclic) bond motifs is 2. The van der Waals surface area contributed by atoms with Crippen molar-refractivity contribution in [2.24, 2.45) is 30.2 Å². The highest BCUT2D eigenvalue weighted by Gasteiger charge is 2.52. The Bertz CT molecular complexity index is 923. The quantitative estimate of drug-likeness (QED) is 0.589. The van der Waals surface area contributed by atoms with E-state index in [1.807, 2.05) is 25.2 Å². The minimum absolute atomic E-state index is 0.109. The molecule has 2 aromatic rings. The monoisotopic (exact) mass is 426 g/mol. The minimum atomic E-state index is -0.314. The molecule has 6 atom stereocenters. The zero-order valence-corrected chi connectivity index (χ0v) is 19.5. The first-order chi connectivity index (χ1) is 14.8. The van der Waals surface area contributed by atoms with Crippen molar-refractivity contribution in [1.82, 2.24) is 9.55 Å². The fraction of sp³-hybridized carbons (Fsp3) is 0.692. The minimum Gasteiger partial charge on any atom is -0.454 e. The second-order valence-electron chi connectivity index (χ2n) is 10.3. The molecule has 0 saturated heterocycles. The van der Waals surface area contributed by atoms with E-state index in [0.717, 1.165) is 49.0 Å². The summed E-state index contributed by atoms with van der Waals surface area (Å²) in [4.78, 5) is 16.6. The summed E-state index contributed by atoms with van der Waals surface area (Å²) in [5, 5.41) is 10.5. The summed E-state index contributed by atoms with van der Waals surface area (Å²) in [5.74, 6) is 2.33. The lowest BCUT2D eigenvalue weighted by molar-refractivity contribution is -0.147. The van der Waals surface area contributed by atoms with Gasteiger partial charge in [0.2, 0.25) is 0 Å². The number of aliphatic hydroxyl groups is 1. The van der Waals surface area contributed by atoms with Gasteiger partial charge < -0.3 is 14.4 Å². The van der Waals surface area contributed by atoms with Gasteiger partial charge in [-0.15, -0.1) is 0 Å². The van der Waals surface area contributed by atoms with Gasteiger partial charge in [-0.2, -0.15) is 0 Å². The molecule has 1 aromatic heterocycles. The van der Waals surface area contributed by atoms with Gasteiger partial charge in [-0.25, -0.2) is 4.98 Å². The Balaban J connectivity index is 1.42. The molecule has 6 unspecified atom stereocenters. The fourth-order valence-electron chi connectivity index (χ4n) is 6.84. The van der Waals surface area contributed by atoms with E-state index >= 15 is 0 Å². The number of carbonyl (C=O) groups excluding carboxylic acids is 1. The van der Waals surface area contributed by atoms with E-state index in [0.29, 0.717) is 17.8 Å². The summed E-state index contributed by atoms with van der Waals surface area (Å²) in [6.45, 7) is 6.29. The fourth-order valence-corrected chi connectivity index (χ4v) is 6.84. The number of esters is 1. The normalized spacial score (nSPS) is 30.2. The molecule has 0 aliphatic heterocycles. The van der Waals surface area contributed by atoms with Crippen LogP contribution in [0.5, 0.6) is 0 Å². The number of carbonyl (C=O) groups is 1. The molecule has 0 amide bonds. The van der Waals surface area contributed by atoms with Gasteiger partial charge in [0, 0.05) is 14.0 Å². The van der Waals surface area contributed by atoms with E-state index in [9.17, 15) is 9.90 Å². The van der Waals surface area contributed by atoms with Gasteiger partial charge in [0.05, 0.1) is 17.1 Å². The number of aromatic nitrogens is 2. The van der Waals surface area contributed by atoms with Crippen molar-refractivity contribution in [2.45, 2.75) is 84.3 Å². The summed E-state index contributed by atoms with van der Waals surface area (Å²) in [5.41, 5.74) is 2.28. The Morgan fingerprint density at radius 3 is 2.81 bits per heavy atom. The second kappa shape index (κ2) is 8.93. The summed E-state index contributed by atoms with van der Waals surface area (Å²) in [6, 6.07) is 8.04. The van der Waals surface area contributed by atoms with Crippen LogP contribution in [0.4, 0.5) is 0 Å². The highest BCUT2D eigenvalue weighted by Crippen LogP contribution is 2.58. The molecule has 0 spiro atoms. The largest absolute Gasteiger partial charge is 0.454 e. The number of nitrogens with zero attached hydrogens (tertiary/aromatic N) is 2. The van der Waals surface area contributed by atoms with Gasteiger partial charge >= 0.3 is 5.97 Å². The maximum atomic E-state index is 11.8. The number of aliphatic hydroxyl groups excluding tert-OH is 1. The molecule has 4 rings (SSSR count). The van der Waals surface area contributed by atoms with Crippen LogP contribution in [0.25, 0.3) is 11.0 Å². The lowest BCUT2D eigenvalue weighted by atomic mass is 9.61. The predicted molar refractivity (Wildman–Crippen MR) is 122 cm³/mol. The van der Waals surface area contributed by atoms with Crippen molar-refractivity contribution in [3.8, 4) is 0 Å². The second-order valence-corrected chi connectivity index (χ2v) is 10.3. The van der Waals surface area contributed by atoms with Crippen LogP contribution < -0.4 is 0 Å². The predicted octanol–water partition coefficient (Wildman–Crippen LogP) is 5.56. The average Bonchev–Trinajstić information content (AvgIpc) is 3.25. The topological polar surface area (TPSA) is 64.3 Å². The average molecular weight is 427 g/mol. The van der Waals surface area contributed by atoms with Crippen LogP contribution in [-0.4, -0.2) is 26.7 Å². The Hall–Kier alpha value is -1.88. The van der Waals surface area contributed by atoms with Gasteiger partial charge in [0.25, 0.3) is 0 Å². The number of hydrogen-bond donors (Lipinski definition) is 1. The zero-order chi connectivity index (χ0) is 22.2. The maximum absolute atomic E-state index is 11.8. The molecule has 2 saturated carbocycles. The zero-order valence-electron chi connectivity index (χ0n) is 19.5. The smallest absolute Gasteiger partial charge is 0.303 e. The summed E-state index contributed by atoms with van der Waals surface area (Å²) in [7, 11) is 2.00. The highest BCUT2D eigenvalue weighted by atomic mass is 16.5. The van der Waals surface area contributed by atoms with Gasteiger partial charge in [0.15, 0.2) is 11.9 Å². The first-order valence-electron chi connectivity index (χ1n) is 12.1. The van der Waals surface area contributed by atoms with E-state index in [1.165, 1.54) is 26.2 Å². The van der Waals surface area contributed by atoms with Crippen LogP contribution in [0.2, 0.25) is 0 Å².